The quantitative estimate of drug-likeness (QED) is 0.452. The third-order valence-electron chi connectivity index (χ3n) is 5.69. The number of ether oxygens (including phenoxy) is 2. The minimum Gasteiger partial charge on any atom is -0.466 e. The smallest absolute Gasteiger partial charge is 0.336 e. The number of halogens is 1. The Morgan fingerprint density at radius 3 is 2.23 bits per heavy atom. The Hall–Kier alpha value is -3.98. The predicted molar refractivity (Wildman–Crippen MR) is 133 cm³/mol. The van der Waals surface area contributed by atoms with Gasteiger partial charge in [-0.2, -0.15) is 0 Å². The summed E-state index contributed by atoms with van der Waals surface area (Å²) in [5.41, 5.74) is 4.86. The number of nitrogens with one attached hydrogen (secondary N) is 2. The summed E-state index contributed by atoms with van der Waals surface area (Å²) >= 11 is 1.41. The van der Waals surface area contributed by atoms with Crippen LogP contribution in [0.25, 0.3) is 11.3 Å². The van der Waals surface area contributed by atoms with Crippen LogP contribution in [0.15, 0.2) is 76.5 Å². The molecule has 0 aliphatic carbocycles. The summed E-state index contributed by atoms with van der Waals surface area (Å²) in [4.78, 5) is 30.0. The third-order valence-corrected chi connectivity index (χ3v) is 6.44. The van der Waals surface area contributed by atoms with E-state index in [9.17, 15) is 14.0 Å². The van der Waals surface area contributed by atoms with Crippen molar-refractivity contribution in [3.8, 4) is 11.3 Å². The molecule has 2 aromatic carbocycles. The molecule has 2 N–H and O–H groups in total. The molecule has 2 heterocycles. The van der Waals surface area contributed by atoms with Crippen LogP contribution in [0, 0.1) is 5.82 Å². The van der Waals surface area contributed by atoms with E-state index >= 15 is 0 Å². The third kappa shape index (κ3) is 4.95. The van der Waals surface area contributed by atoms with Crippen molar-refractivity contribution in [1.82, 2.24) is 10.3 Å². The van der Waals surface area contributed by atoms with E-state index in [0.29, 0.717) is 33.2 Å². The first-order valence-corrected chi connectivity index (χ1v) is 11.6. The van der Waals surface area contributed by atoms with Gasteiger partial charge >= 0.3 is 11.9 Å². The lowest BCUT2D eigenvalue weighted by Gasteiger charge is -2.30. The first kappa shape index (κ1) is 24.2. The first-order chi connectivity index (χ1) is 16.8. The molecule has 0 radical (unpaired) electrons. The minimum absolute atomic E-state index is 0.303. The van der Waals surface area contributed by atoms with Gasteiger partial charge in [0.1, 0.15) is 5.82 Å². The van der Waals surface area contributed by atoms with Gasteiger partial charge in [0.05, 0.1) is 37.0 Å². The van der Waals surface area contributed by atoms with E-state index in [1.807, 2.05) is 29.6 Å². The second-order valence-corrected chi connectivity index (χ2v) is 8.77. The van der Waals surface area contributed by atoms with E-state index in [2.05, 4.69) is 15.6 Å². The number of dihydropyridines is 1. The molecule has 3 aromatic rings. The highest BCUT2D eigenvalue weighted by atomic mass is 32.1. The SMILES string of the molecule is COC(=O)C1=C(C)NC(C)=C(C(=O)OC)C1c1cccc(Nc2nc(-c3ccc(F)cc3)cs2)c1. The molecule has 1 aromatic heterocycles. The molecular weight excluding hydrogens is 469 g/mol. The number of carbonyl (C=O) groups excluding carboxylic acids is 2. The summed E-state index contributed by atoms with van der Waals surface area (Å²) in [5.74, 6) is -2.04. The predicted octanol–water partition coefficient (Wildman–Crippen LogP) is 5.27. The highest BCUT2D eigenvalue weighted by Crippen LogP contribution is 2.40. The Morgan fingerprint density at radius 2 is 1.63 bits per heavy atom. The van der Waals surface area contributed by atoms with E-state index in [1.165, 1.54) is 37.7 Å². The zero-order valence-corrected chi connectivity index (χ0v) is 20.5. The summed E-state index contributed by atoms with van der Waals surface area (Å²) < 4.78 is 23.3. The number of methoxy groups -OCH3 is 2. The summed E-state index contributed by atoms with van der Waals surface area (Å²) in [6.07, 6.45) is 0. The standard InChI is InChI=1S/C26H24FN3O4S/c1-14-21(24(31)33-3)23(22(15(2)28-14)25(32)34-4)17-6-5-7-19(12-17)29-26-30-20(13-35-26)16-8-10-18(27)11-9-16/h5-13,23,28H,1-4H3,(H,29,30). The van der Waals surface area contributed by atoms with Crippen LogP contribution in [0.2, 0.25) is 0 Å². The van der Waals surface area contributed by atoms with Crippen molar-refractivity contribution in [1.29, 1.82) is 0 Å². The van der Waals surface area contributed by atoms with Gasteiger partial charge in [-0.15, -0.1) is 11.3 Å². The van der Waals surface area contributed by atoms with Gasteiger partial charge < -0.3 is 20.1 Å². The molecule has 180 valence electrons. The molecule has 0 saturated carbocycles. The normalized spacial score (nSPS) is 14.0. The molecule has 0 unspecified atom stereocenters. The second kappa shape index (κ2) is 10.1. The van der Waals surface area contributed by atoms with Gasteiger partial charge in [-0.25, -0.2) is 19.0 Å². The molecule has 0 fully saturated rings. The van der Waals surface area contributed by atoms with Crippen LogP contribution in [-0.4, -0.2) is 31.1 Å². The van der Waals surface area contributed by atoms with Gasteiger partial charge in [-0.05, 0) is 55.8 Å². The molecule has 0 amide bonds. The van der Waals surface area contributed by atoms with Gasteiger partial charge in [-0.1, -0.05) is 12.1 Å². The Labute approximate surface area is 206 Å². The van der Waals surface area contributed by atoms with Crippen LogP contribution >= 0.6 is 11.3 Å². The van der Waals surface area contributed by atoms with E-state index in [4.69, 9.17) is 9.47 Å². The first-order valence-electron chi connectivity index (χ1n) is 10.8. The number of anilines is 2. The minimum atomic E-state index is -0.677. The summed E-state index contributed by atoms with van der Waals surface area (Å²) in [6, 6.07) is 13.6. The largest absolute Gasteiger partial charge is 0.466 e. The number of hydrogen-bond acceptors (Lipinski definition) is 8. The average molecular weight is 494 g/mol. The number of carbonyl (C=O) groups is 2. The highest BCUT2D eigenvalue weighted by Gasteiger charge is 2.37. The molecule has 0 spiro atoms. The maximum absolute atomic E-state index is 13.2. The number of thiazole rings is 1. The maximum atomic E-state index is 13.2. The number of benzene rings is 2. The number of esters is 2. The fourth-order valence-electron chi connectivity index (χ4n) is 4.09. The molecular formula is C26H24FN3O4S. The molecule has 0 bridgehead atoms. The van der Waals surface area contributed by atoms with Crippen LogP contribution in [0.3, 0.4) is 0 Å². The van der Waals surface area contributed by atoms with Crippen LogP contribution in [0.1, 0.15) is 25.3 Å². The van der Waals surface area contributed by atoms with Crippen molar-refractivity contribution in [2.45, 2.75) is 19.8 Å². The number of rotatable bonds is 6. The molecule has 9 heteroatoms. The summed E-state index contributed by atoms with van der Waals surface area (Å²) in [6.45, 7) is 3.54. The van der Waals surface area contributed by atoms with Gasteiger partial charge in [0.25, 0.3) is 0 Å². The van der Waals surface area contributed by atoms with Crippen LogP contribution < -0.4 is 10.6 Å². The maximum Gasteiger partial charge on any atom is 0.336 e. The summed E-state index contributed by atoms with van der Waals surface area (Å²) in [7, 11) is 2.61. The topological polar surface area (TPSA) is 89.5 Å². The van der Waals surface area contributed by atoms with Crippen molar-refractivity contribution < 1.29 is 23.5 Å². The van der Waals surface area contributed by atoms with Crippen molar-refractivity contribution in [2.24, 2.45) is 0 Å². The Kier molecular flexibility index (Phi) is 6.97. The van der Waals surface area contributed by atoms with Crippen LogP contribution in [0.4, 0.5) is 15.2 Å². The van der Waals surface area contributed by atoms with E-state index in [-0.39, 0.29) is 5.82 Å². The van der Waals surface area contributed by atoms with Crippen molar-refractivity contribution >= 4 is 34.1 Å². The van der Waals surface area contributed by atoms with Gasteiger partial charge in [-0.3, -0.25) is 0 Å². The summed E-state index contributed by atoms with van der Waals surface area (Å²) in [5, 5.41) is 8.90. The van der Waals surface area contributed by atoms with Crippen molar-refractivity contribution in [3.63, 3.8) is 0 Å². The second-order valence-electron chi connectivity index (χ2n) is 7.91. The average Bonchev–Trinajstić information content (AvgIpc) is 3.31. The lowest BCUT2D eigenvalue weighted by molar-refractivity contribution is -0.137. The molecule has 0 saturated heterocycles. The molecule has 1 aliphatic heterocycles. The molecule has 1 aliphatic rings. The van der Waals surface area contributed by atoms with E-state index in [1.54, 1.807) is 26.0 Å². The van der Waals surface area contributed by atoms with Gasteiger partial charge in [0.15, 0.2) is 5.13 Å². The van der Waals surface area contributed by atoms with Gasteiger partial charge in [0, 0.05) is 28.0 Å². The van der Waals surface area contributed by atoms with Crippen LogP contribution in [-0.2, 0) is 19.1 Å². The molecule has 35 heavy (non-hydrogen) atoms. The van der Waals surface area contributed by atoms with Crippen molar-refractivity contribution in [3.05, 3.63) is 87.8 Å². The zero-order chi connectivity index (χ0) is 25.1. The molecule has 4 rings (SSSR count). The fraction of sp³-hybridized carbons (Fsp3) is 0.192. The van der Waals surface area contributed by atoms with E-state index in [0.717, 1.165) is 16.9 Å². The number of hydrogen-bond donors (Lipinski definition) is 2. The Bertz CT molecular complexity index is 1310. The lowest BCUT2D eigenvalue weighted by atomic mass is 9.80. The highest BCUT2D eigenvalue weighted by molar-refractivity contribution is 7.14. The number of aromatic nitrogens is 1. The van der Waals surface area contributed by atoms with E-state index < -0.39 is 17.9 Å². The van der Waals surface area contributed by atoms with Crippen LogP contribution in [0.5, 0.6) is 0 Å². The lowest BCUT2D eigenvalue weighted by Crippen LogP contribution is -2.32. The Morgan fingerprint density at radius 1 is 1.00 bits per heavy atom. The van der Waals surface area contributed by atoms with Crippen molar-refractivity contribution in [2.75, 3.05) is 19.5 Å². The zero-order valence-electron chi connectivity index (χ0n) is 19.6. The molecule has 0 atom stereocenters. The van der Waals surface area contributed by atoms with Gasteiger partial charge in [0.2, 0.25) is 0 Å². The molecule has 7 nitrogen and oxygen atoms in total. The monoisotopic (exact) mass is 493 g/mol. The number of nitrogens with zero attached hydrogens (tertiary/aromatic N) is 1. The fourth-order valence-corrected chi connectivity index (χ4v) is 4.83. The number of allylic oxidation sites excluding steroid dienone is 2. The Balaban J connectivity index is 1.69.